The molecule has 2 rings (SSSR count). The number of pyridine rings is 1. The van der Waals surface area contributed by atoms with Crippen LogP contribution in [-0.4, -0.2) is 11.5 Å². The normalized spacial score (nSPS) is 9.13. The van der Waals surface area contributed by atoms with E-state index in [1.165, 1.54) is 5.39 Å². The van der Waals surface area contributed by atoms with E-state index >= 15 is 0 Å². The largest absolute Gasteiger partial charge is 0.330 e. The lowest BCUT2D eigenvalue weighted by molar-refractivity contribution is 0.932. The molecule has 0 bridgehead atoms. The Kier molecular flexibility index (Phi) is 6.25. The molecule has 0 aliphatic carbocycles. The molecule has 4 heteroatoms. The predicted molar refractivity (Wildman–Crippen MR) is 69.0 cm³/mol. The maximum atomic E-state index is 5.46. The van der Waals surface area contributed by atoms with Gasteiger partial charge in [-0.2, -0.15) is 0 Å². The number of halogens is 2. The van der Waals surface area contributed by atoms with Gasteiger partial charge in [-0.3, -0.25) is 4.98 Å². The van der Waals surface area contributed by atoms with E-state index in [2.05, 4.69) is 17.1 Å². The van der Waals surface area contributed by atoms with Crippen molar-refractivity contribution in [2.24, 2.45) is 5.73 Å². The number of aromatic nitrogens is 1. The van der Waals surface area contributed by atoms with Crippen LogP contribution in [0.5, 0.6) is 0 Å². The third kappa shape index (κ3) is 3.34. The van der Waals surface area contributed by atoms with Gasteiger partial charge in [0.1, 0.15) is 0 Å². The lowest BCUT2D eigenvalue weighted by Gasteiger charge is -2.00. The highest BCUT2D eigenvalue weighted by Gasteiger charge is 1.95. The second-order valence-electron chi connectivity index (χ2n) is 3.03. The maximum absolute atomic E-state index is 5.46. The molecular formula is C11H14Cl2N2. The zero-order valence-corrected chi connectivity index (χ0v) is 9.85. The molecule has 0 fully saturated rings. The fourth-order valence-electron chi connectivity index (χ4n) is 1.40. The van der Waals surface area contributed by atoms with Gasteiger partial charge in [0.2, 0.25) is 0 Å². The van der Waals surface area contributed by atoms with Gasteiger partial charge < -0.3 is 5.73 Å². The Labute approximate surface area is 102 Å². The van der Waals surface area contributed by atoms with E-state index in [0.717, 1.165) is 17.6 Å². The first-order valence-electron chi connectivity index (χ1n) is 4.45. The van der Waals surface area contributed by atoms with Crippen molar-refractivity contribution in [3.63, 3.8) is 0 Å². The fraction of sp³-hybridized carbons (Fsp3) is 0.182. The molecule has 0 aliphatic heterocycles. The average molecular weight is 245 g/mol. The molecular weight excluding hydrogens is 231 g/mol. The summed E-state index contributed by atoms with van der Waals surface area (Å²) in [5.41, 5.74) is 7.58. The van der Waals surface area contributed by atoms with Crippen molar-refractivity contribution in [2.45, 2.75) is 6.42 Å². The van der Waals surface area contributed by atoms with Crippen LogP contribution in [0.25, 0.3) is 10.9 Å². The van der Waals surface area contributed by atoms with Gasteiger partial charge in [-0.15, -0.1) is 24.8 Å². The van der Waals surface area contributed by atoms with E-state index < -0.39 is 0 Å². The minimum Gasteiger partial charge on any atom is -0.330 e. The SMILES string of the molecule is Cl.Cl.NCCc1ccc2ccccc2n1. The zero-order chi connectivity index (χ0) is 9.10. The second kappa shape index (κ2) is 6.62. The smallest absolute Gasteiger partial charge is 0.0705 e. The minimum atomic E-state index is 0. The fourth-order valence-corrected chi connectivity index (χ4v) is 1.40. The highest BCUT2D eigenvalue weighted by molar-refractivity contribution is 5.85. The van der Waals surface area contributed by atoms with E-state index in [1.54, 1.807) is 0 Å². The van der Waals surface area contributed by atoms with Crippen molar-refractivity contribution in [3.8, 4) is 0 Å². The molecule has 0 unspecified atom stereocenters. The van der Waals surface area contributed by atoms with Crippen LogP contribution >= 0.6 is 24.8 Å². The first kappa shape index (κ1) is 14.2. The van der Waals surface area contributed by atoms with Crippen molar-refractivity contribution >= 4 is 35.7 Å². The minimum absolute atomic E-state index is 0. The Morgan fingerprint density at radius 3 is 2.47 bits per heavy atom. The zero-order valence-electron chi connectivity index (χ0n) is 8.22. The van der Waals surface area contributed by atoms with Crippen LogP contribution in [0.4, 0.5) is 0 Å². The number of nitrogens with zero attached hydrogens (tertiary/aromatic N) is 1. The number of para-hydroxylation sites is 1. The molecule has 1 heterocycles. The molecule has 1 aromatic heterocycles. The number of nitrogens with two attached hydrogens (primary N) is 1. The van der Waals surface area contributed by atoms with Gasteiger partial charge in [0, 0.05) is 17.5 Å². The molecule has 0 saturated carbocycles. The van der Waals surface area contributed by atoms with Gasteiger partial charge in [0.05, 0.1) is 5.52 Å². The third-order valence-electron chi connectivity index (χ3n) is 2.06. The standard InChI is InChI=1S/C11H12N2.2ClH/c12-8-7-10-6-5-9-3-1-2-4-11(9)13-10;;/h1-6H,7-8,12H2;2*1H. The van der Waals surface area contributed by atoms with E-state index in [4.69, 9.17) is 5.73 Å². The van der Waals surface area contributed by atoms with Gasteiger partial charge in [-0.05, 0) is 18.7 Å². The Hall–Kier alpha value is -0.830. The number of fused-ring (bicyclic) bond motifs is 1. The van der Waals surface area contributed by atoms with Crippen molar-refractivity contribution in [3.05, 3.63) is 42.1 Å². The molecule has 0 spiro atoms. The van der Waals surface area contributed by atoms with Crippen LogP contribution in [0.2, 0.25) is 0 Å². The first-order chi connectivity index (χ1) is 6.40. The van der Waals surface area contributed by atoms with Crippen LogP contribution in [-0.2, 0) is 6.42 Å². The molecule has 0 radical (unpaired) electrons. The number of hydrogen-bond acceptors (Lipinski definition) is 2. The Morgan fingerprint density at radius 1 is 1.00 bits per heavy atom. The maximum Gasteiger partial charge on any atom is 0.0705 e. The second-order valence-corrected chi connectivity index (χ2v) is 3.03. The van der Waals surface area contributed by atoms with Gasteiger partial charge >= 0.3 is 0 Å². The topological polar surface area (TPSA) is 38.9 Å². The third-order valence-corrected chi connectivity index (χ3v) is 2.06. The lowest BCUT2D eigenvalue weighted by atomic mass is 10.2. The summed E-state index contributed by atoms with van der Waals surface area (Å²) in [4.78, 5) is 4.48. The lowest BCUT2D eigenvalue weighted by Crippen LogP contribution is -2.04. The summed E-state index contributed by atoms with van der Waals surface area (Å²) in [5, 5.41) is 1.18. The molecule has 2 N–H and O–H groups in total. The molecule has 0 saturated heterocycles. The van der Waals surface area contributed by atoms with E-state index in [9.17, 15) is 0 Å². The summed E-state index contributed by atoms with van der Waals surface area (Å²) in [6, 6.07) is 12.2. The molecule has 2 nitrogen and oxygen atoms in total. The number of rotatable bonds is 2. The van der Waals surface area contributed by atoms with E-state index in [1.807, 2.05) is 24.3 Å². The summed E-state index contributed by atoms with van der Waals surface area (Å²) in [7, 11) is 0. The molecule has 0 atom stereocenters. The predicted octanol–water partition coefficient (Wildman–Crippen LogP) is 2.58. The molecule has 0 aliphatic rings. The summed E-state index contributed by atoms with van der Waals surface area (Å²) >= 11 is 0. The molecule has 82 valence electrons. The quantitative estimate of drug-likeness (QED) is 0.883. The van der Waals surface area contributed by atoms with Crippen molar-refractivity contribution < 1.29 is 0 Å². The monoisotopic (exact) mass is 244 g/mol. The van der Waals surface area contributed by atoms with Crippen LogP contribution in [0.3, 0.4) is 0 Å². The van der Waals surface area contributed by atoms with Crippen LogP contribution in [0.1, 0.15) is 5.69 Å². The summed E-state index contributed by atoms with van der Waals surface area (Å²) in [5.74, 6) is 0. The van der Waals surface area contributed by atoms with Crippen molar-refractivity contribution in [1.29, 1.82) is 0 Å². The number of benzene rings is 1. The van der Waals surface area contributed by atoms with Gasteiger partial charge in [-0.25, -0.2) is 0 Å². The molecule has 2 aromatic rings. The van der Waals surface area contributed by atoms with E-state index in [0.29, 0.717) is 6.54 Å². The van der Waals surface area contributed by atoms with Gasteiger partial charge in [0.15, 0.2) is 0 Å². The average Bonchev–Trinajstić information content (AvgIpc) is 2.18. The highest BCUT2D eigenvalue weighted by Crippen LogP contribution is 2.11. The highest BCUT2D eigenvalue weighted by atomic mass is 35.5. The summed E-state index contributed by atoms with van der Waals surface area (Å²) in [6.07, 6.45) is 0.852. The van der Waals surface area contributed by atoms with Crippen molar-refractivity contribution in [2.75, 3.05) is 6.54 Å². The first-order valence-corrected chi connectivity index (χ1v) is 4.45. The van der Waals surface area contributed by atoms with Gasteiger partial charge in [-0.1, -0.05) is 24.3 Å². The number of hydrogen-bond donors (Lipinski definition) is 1. The Balaban J connectivity index is 0.000000980. The summed E-state index contributed by atoms with van der Waals surface area (Å²) in [6.45, 7) is 0.658. The Bertz CT molecular complexity index is 418. The molecule has 0 amide bonds. The summed E-state index contributed by atoms with van der Waals surface area (Å²) < 4.78 is 0. The van der Waals surface area contributed by atoms with Crippen molar-refractivity contribution in [1.82, 2.24) is 4.98 Å². The van der Waals surface area contributed by atoms with Gasteiger partial charge in [0.25, 0.3) is 0 Å². The Morgan fingerprint density at radius 2 is 1.73 bits per heavy atom. The van der Waals surface area contributed by atoms with Crippen LogP contribution in [0.15, 0.2) is 36.4 Å². The van der Waals surface area contributed by atoms with E-state index in [-0.39, 0.29) is 24.8 Å². The van der Waals surface area contributed by atoms with Crippen LogP contribution < -0.4 is 5.73 Å². The molecule has 15 heavy (non-hydrogen) atoms. The van der Waals surface area contributed by atoms with Crippen LogP contribution in [0, 0.1) is 0 Å². The molecule has 1 aromatic carbocycles.